The fourth-order valence-corrected chi connectivity index (χ4v) is 4.70. The number of piperazine rings is 1. The maximum atomic E-state index is 12.8. The third-order valence-electron chi connectivity index (χ3n) is 3.87. The number of likely N-dealkylation sites (N-methyl/N-ethyl adjacent to an activating group) is 1. The van der Waals surface area contributed by atoms with Gasteiger partial charge in [-0.25, -0.2) is 8.42 Å². The fraction of sp³-hybridized carbons (Fsp3) is 0.571. The van der Waals surface area contributed by atoms with Crippen LogP contribution in [0.5, 0.6) is 0 Å². The molecular weight excluding hydrogens is 296 g/mol. The molecule has 1 atom stereocenters. The van der Waals surface area contributed by atoms with Gasteiger partial charge in [0, 0.05) is 31.6 Å². The summed E-state index contributed by atoms with van der Waals surface area (Å²) < 4.78 is 27.1. The van der Waals surface area contributed by atoms with E-state index < -0.39 is 10.0 Å². The van der Waals surface area contributed by atoms with Gasteiger partial charge in [-0.05, 0) is 25.1 Å². The molecule has 0 aromatic heterocycles. The Balaban J connectivity index is 2.27. The predicted octanol–water partition coefficient (Wildman–Crippen LogP) is 2.14. The Morgan fingerprint density at radius 2 is 2.00 bits per heavy atom. The lowest BCUT2D eigenvalue weighted by Gasteiger charge is -2.38. The monoisotopic (exact) mass is 316 g/mol. The average molecular weight is 317 g/mol. The van der Waals surface area contributed by atoms with Gasteiger partial charge in [0.05, 0.1) is 4.90 Å². The van der Waals surface area contributed by atoms with Gasteiger partial charge in [0.15, 0.2) is 0 Å². The average Bonchev–Trinajstić information content (AvgIpc) is 2.47. The van der Waals surface area contributed by atoms with Crippen molar-refractivity contribution in [3.63, 3.8) is 0 Å². The SMILES string of the molecule is CCN1CCN(S(=O)(=O)c2ccccc2CCl)CC1C. The van der Waals surface area contributed by atoms with Crippen molar-refractivity contribution in [3.8, 4) is 0 Å². The molecule has 20 heavy (non-hydrogen) atoms. The van der Waals surface area contributed by atoms with Crippen LogP contribution in [0.4, 0.5) is 0 Å². The zero-order valence-corrected chi connectivity index (χ0v) is 13.5. The lowest BCUT2D eigenvalue weighted by Crippen LogP contribution is -2.53. The number of nitrogens with zero attached hydrogens (tertiary/aromatic N) is 2. The Kier molecular flexibility index (Phi) is 5.07. The summed E-state index contributed by atoms with van der Waals surface area (Å²) in [6.45, 7) is 6.97. The minimum absolute atomic E-state index is 0.208. The van der Waals surface area contributed by atoms with Crippen LogP contribution in [0, 0.1) is 0 Å². The van der Waals surface area contributed by atoms with Crippen LogP contribution >= 0.6 is 11.6 Å². The summed E-state index contributed by atoms with van der Waals surface area (Å²) in [5.74, 6) is 0.208. The Labute approximate surface area is 126 Å². The minimum Gasteiger partial charge on any atom is -0.298 e. The largest absolute Gasteiger partial charge is 0.298 e. The van der Waals surface area contributed by atoms with Crippen molar-refractivity contribution < 1.29 is 8.42 Å². The van der Waals surface area contributed by atoms with E-state index in [1.54, 1.807) is 22.5 Å². The van der Waals surface area contributed by atoms with Crippen LogP contribution in [0.25, 0.3) is 0 Å². The fourth-order valence-electron chi connectivity index (χ4n) is 2.65. The highest BCUT2D eigenvalue weighted by Crippen LogP contribution is 2.24. The van der Waals surface area contributed by atoms with E-state index in [1.165, 1.54) is 0 Å². The van der Waals surface area contributed by atoms with Gasteiger partial charge < -0.3 is 0 Å². The molecule has 6 heteroatoms. The minimum atomic E-state index is -3.45. The molecule has 4 nitrogen and oxygen atoms in total. The Morgan fingerprint density at radius 3 is 2.60 bits per heavy atom. The molecule has 0 bridgehead atoms. The quantitative estimate of drug-likeness (QED) is 0.799. The molecule has 0 N–H and O–H groups in total. The highest BCUT2D eigenvalue weighted by molar-refractivity contribution is 7.89. The summed E-state index contributed by atoms with van der Waals surface area (Å²) in [7, 11) is -3.45. The Bertz CT molecular complexity index is 562. The molecule has 0 aliphatic carbocycles. The molecule has 1 saturated heterocycles. The van der Waals surface area contributed by atoms with Gasteiger partial charge in [0.25, 0.3) is 0 Å². The smallest absolute Gasteiger partial charge is 0.243 e. The first-order valence-corrected chi connectivity index (χ1v) is 8.86. The molecule has 112 valence electrons. The van der Waals surface area contributed by atoms with Crippen LogP contribution in [-0.2, 0) is 15.9 Å². The van der Waals surface area contributed by atoms with Gasteiger partial charge in [-0.2, -0.15) is 4.31 Å². The van der Waals surface area contributed by atoms with E-state index in [1.807, 2.05) is 6.07 Å². The lowest BCUT2D eigenvalue weighted by atomic mass is 10.2. The van der Waals surface area contributed by atoms with Crippen molar-refractivity contribution >= 4 is 21.6 Å². The molecule has 0 saturated carbocycles. The van der Waals surface area contributed by atoms with E-state index in [-0.39, 0.29) is 11.9 Å². The van der Waals surface area contributed by atoms with Crippen molar-refractivity contribution in [1.82, 2.24) is 9.21 Å². The van der Waals surface area contributed by atoms with E-state index in [0.717, 1.165) is 13.1 Å². The molecule has 1 aromatic rings. The molecule has 2 rings (SSSR count). The lowest BCUT2D eigenvalue weighted by molar-refractivity contribution is 0.135. The number of halogens is 1. The van der Waals surface area contributed by atoms with E-state index >= 15 is 0 Å². The topological polar surface area (TPSA) is 40.6 Å². The summed E-state index contributed by atoms with van der Waals surface area (Å²) >= 11 is 5.86. The first-order valence-electron chi connectivity index (χ1n) is 6.88. The van der Waals surface area contributed by atoms with E-state index in [9.17, 15) is 8.42 Å². The second-order valence-electron chi connectivity index (χ2n) is 5.08. The number of hydrogen-bond donors (Lipinski definition) is 0. The molecule has 1 aliphatic rings. The summed E-state index contributed by atoms with van der Waals surface area (Å²) in [5, 5.41) is 0. The number of sulfonamides is 1. The molecule has 1 aromatic carbocycles. The molecule has 0 spiro atoms. The van der Waals surface area contributed by atoms with Crippen molar-refractivity contribution in [2.75, 3.05) is 26.2 Å². The van der Waals surface area contributed by atoms with Gasteiger partial charge in [0.1, 0.15) is 0 Å². The molecule has 0 radical (unpaired) electrons. The van der Waals surface area contributed by atoms with Gasteiger partial charge in [-0.1, -0.05) is 25.1 Å². The third kappa shape index (κ3) is 3.01. The molecular formula is C14H21ClN2O2S. The molecule has 1 heterocycles. The molecule has 1 unspecified atom stereocenters. The number of benzene rings is 1. The van der Waals surface area contributed by atoms with E-state index in [0.29, 0.717) is 23.5 Å². The molecule has 0 amide bonds. The molecule has 1 fully saturated rings. The third-order valence-corrected chi connectivity index (χ3v) is 6.12. The second-order valence-corrected chi connectivity index (χ2v) is 7.26. The van der Waals surface area contributed by atoms with Crippen LogP contribution in [0.15, 0.2) is 29.2 Å². The second kappa shape index (κ2) is 6.43. The van der Waals surface area contributed by atoms with Crippen LogP contribution in [0.3, 0.4) is 0 Å². The number of rotatable bonds is 4. The first kappa shape index (κ1) is 15.8. The summed E-state index contributed by atoms with van der Waals surface area (Å²) in [6.07, 6.45) is 0. The zero-order chi connectivity index (χ0) is 14.8. The van der Waals surface area contributed by atoms with E-state index in [2.05, 4.69) is 18.7 Å². The van der Waals surface area contributed by atoms with Crippen LogP contribution in [0.2, 0.25) is 0 Å². The Morgan fingerprint density at radius 1 is 1.30 bits per heavy atom. The predicted molar refractivity (Wildman–Crippen MR) is 81.5 cm³/mol. The zero-order valence-electron chi connectivity index (χ0n) is 11.9. The summed E-state index contributed by atoms with van der Waals surface area (Å²) in [6, 6.07) is 7.21. The van der Waals surface area contributed by atoms with Crippen molar-refractivity contribution in [3.05, 3.63) is 29.8 Å². The van der Waals surface area contributed by atoms with Crippen LogP contribution < -0.4 is 0 Å². The van der Waals surface area contributed by atoms with Crippen molar-refractivity contribution in [2.45, 2.75) is 30.7 Å². The van der Waals surface area contributed by atoms with Gasteiger partial charge in [0.2, 0.25) is 10.0 Å². The van der Waals surface area contributed by atoms with E-state index in [4.69, 9.17) is 11.6 Å². The van der Waals surface area contributed by atoms with Gasteiger partial charge >= 0.3 is 0 Å². The maximum Gasteiger partial charge on any atom is 0.243 e. The molecule has 1 aliphatic heterocycles. The van der Waals surface area contributed by atoms with Gasteiger partial charge in [-0.3, -0.25) is 4.90 Å². The van der Waals surface area contributed by atoms with Gasteiger partial charge in [-0.15, -0.1) is 11.6 Å². The number of alkyl halides is 1. The maximum absolute atomic E-state index is 12.8. The number of hydrogen-bond acceptors (Lipinski definition) is 3. The van der Waals surface area contributed by atoms with Crippen molar-refractivity contribution in [2.24, 2.45) is 0 Å². The summed E-state index contributed by atoms with van der Waals surface area (Å²) in [4.78, 5) is 2.63. The normalized spacial score (nSPS) is 22.1. The van der Waals surface area contributed by atoms with Crippen LogP contribution in [-0.4, -0.2) is 49.8 Å². The highest BCUT2D eigenvalue weighted by Gasteiger charge is 2.32. The van der Waals surface area contributed by atoms with Crippen molar-refractivity contribution in [1.29, 1.82) is 0 Å². The summed E-state index contributed by atoms with van der Waals surface area (Å²) in [5.41, 5.74) is 0.666. The highest BCUT2D eigenvalue weighted by atomic mass is 35.5. The standard InChI is InChI=1S/C14H21ClN2O2S/c1-3-16-8-9-17(11-12(16)2)20(18,19)14-7-5-4-6-13(14)10-15/h4-7,12H,3,8-11H2,1-2H3. The first-order chi connectivity index (χ1) is 9.50. The van der Waals surface area contributed by atoms with Crippen LogP contribution in [0.1, 0.15) is 19.4 Å². The Hall–Kier alpha value is -0.620.